The Balaban J connectivity index is 2.51. The topological polar surface area (TPSA) is 24.7 Å². The molecule has 1 heterocycles. The Bertz CT molecular complexity index is 389. The Kier molecular flexibility index (Phi) is 1.97. The average Bonchev–Trinajstić information content (AvgIpc) is 2.62. The molecule has 0 unspecified atom stereocenters. The second-order valence-electron chi connectivity index (χ2n) is 3.24. The molecule has 1 aromatic rings. The first-order valence-electron chi connectivity index (χ1n) is 4.40. The van der Waals surface area contributed by atoms with Crippen LogP contribution in [0.15, 0.2) is 28.2 Å². The maximum Gasteiger partial charge on any atom is 0.130 e. The minimum Gasteiger partial charge on any atom is -0.268 e. The molecule has 66 valence electrons. The van der Waals surface area contributed by atoms with Gasteiger partial charge in [-0.05, 0) is 25.0 Å². The van der Waals surface area contributed by atoms with Crippen LogP contribution in [-0.2, 0) is 0 Å². The van der Waals surface area contributed by atoms with E-state index < -0.39 is 0 Å². The van der Waals surface area contributed by atoms with Crippen molar-refractivity contribution in [3.63, 3.8) is 0 Å². The second-order valence-corrected chi connectivity index (χ2v) is 3.24. The molecule has 2 nitrogen and oxygen atoms in total. The minimum atomic E-state index is 0.586. The summed E-state index contributed by atoms with van der Waals surface area (Å²) in [6, 6.07) is 6.27. The van der Waals surface area contributed by atoms with Gasteiger partial charge in [0.05, 0.1) is 5.71 Å². The van der Waals surface area contributed by atoms with Crippen LogP contribution >= 0.6 is 0 Å². The highest BCUT2D eigenvalue weighted by Crippen LogP contribution is 2.14. The number of benzene rings is 1. The third-order valence-corrected chi connectivity index (χ3v) is 2.42. The highest BCUT2D eigenvalue weighted by Gasteiger charge is 2.07. The maximum absolute atomic E-state index is 4.30. The SMILES string of the molecule is Cc1cccc(C2=NCN=C2)c1C. The van der Waals surface area contributed by atoms with Crippen LogP contribution in [0.5, 0.6) is 0 Å². The normalized spacial score (nSPS) is 14.8. The first kappa shape index (κ1) is 8.17. The van der Waals surface area contributed by atoms with Gasteiger partial charge in [0.15, 0.2) is 0 Å². The fourth-order valence-corrected chi connectivity index (χ4v) is 1.47. The van der Waals surface area contributed by atoms with Crippen molar-refractivity contribution in [1.82, 2.24) is 0 Å². The molecule has 2 heteroatoms. The van der Waals surface area contributed by atoms with Gasteiger partial charge in [-0.1, -0.05) is 18.2 Å². The number of nitrogens with zero attached hydrogens (tertiary/aromatic N) is 2. The van der Waals surface area contributed by atoms with Gasteiger partial charge in [0.2, 0.25) is 0 Å². The molecule has 0 amide bonds. The van der Waals surface area contributed by atoms with Gasteiger partial charge in [0.1, 0.15) is 6.67 Å². The monoisotopic (exact) mass is 172 g/mol. The molecule has 0 bridgehead atoms. The van der Waals surface area contributed by atoms with Crippen LogP contribution in [0.2, 0.25) is 0 Å². The van der Waals surface area contributed by atoms with E-state index in [-0.39, 0.29) is 0 Å². The summed E-state index contributed by atoms with van der Waals surface area (Å²) in [5.41, 5.74) is 4.83. The molecule has 2 rings (SSSR count). The van der Waals surface area contributed by atoms with Crippen molar-refractivity contribution in [2.75, 3.05) is 6.67 Å². The fraction of sp³-hybridized carbons (Fsp3) is 0.273. The standard InChI is InChI=1S/C11H12N2/c1-8-4-3-5-10(9(8)2)11-6-12-7-13-11/h3-6H,7H2,1-2H3. The molecule has 13 heavy (non-hydrogen) atoms. The Labute approximate surface area is 78.0 Å². The van der Waals surface area contributed by atoms with Crippen molar-refractivity contribution in [3.8, 4) is 0 Å². The van der Waals surface area contributed by atoms with E-state index in [4.69, 9.17) is 0 Å². The van der Waals surface area contributed by atoms with Crippen molar-refractivity contribution in [1.29, 1.82) is 0 Å². The van der Waals surface area contributed by atoms with Gasteiger partial charge in [0, 0.05) is 11.8 Å². The van der Waals surface area contributed by atoms with Gasteiger partial charge in [-0.2, -0.15) is 0 Å². The number of hydrogen-bond acceptors (Lipinski definition) is 2. The van der Waals surface area contributed by atoms with Gasteiger partial charge in [-0.25, -0.2) is 0 Å². The molecule has 0 fully saturated rings. The summed E-state index contributed by atoms with van der Waals surface area (Å²) in [5, 5.41) is 0. The molecule has 1 aliphatic heterocycles. The van der Waals surface area contributed by atoms with E-state index in [9.17, 15) is 0 Å². The predicted octanol–water partition coefficient (Wildman–Crippen LogP) is 2.13. The molecule has 0 aromatic heterocycles. The lowest BCUT2D eigenvalue weighted by Crippen LogP contribution is -2.02. The smallest absolute Gasteiger partial charge is 0.130 e. The molecule has 0 spiro atoms. The third kappa shape index (κ3) is 1.39. The van der Waals surface area contributed by atoms with Crippen LogP contribution in [0, 0.1) is 13.8 Å². The predicted molar refractivity (Wildman–Crippen MR) is 55.8 cm³/mol. The van der Waals surface area contributed by atoms with E-state index in [0.717, 1.165) is 5.71 Å². The maximum atomic E-state index is 4.30. The lowest BCUT2D eigenvalue weighted by atomic mass is 10.0. The van der Waals surface area contributed by atoms with Gasteiger partial charge in [0.25, 0.3) is 0 Å². The first-order valence-corrected chi connectivity index (χ1v) is 4.40. The first-order chi connectivity index (χ1) is 6.29. The molecular weight excluding hydrogens is 160 g/mol. The highest BCUT2D eigenvalue weighted by molar-refractivity contribution is 6.39. The van der Waals surface area contributed by atoms with Gasteiger partial charge in [-0.15, -0.1) is 0 Å². The molecule has 0 saturated carbocycles. The van der Waals surface area contributed by atoms with E-state index in [1.54, 1.807) is 0 Å². The Morgan fingerprint density at radius 3 is 2.77 bits per heavy atom. The zero-order valence-corrected chi connectivity index (χ0v) is 7.91. The summed E-state index contributed by atoms with van der Waals surface area (Å²) in [6.07, 6.45) is 1.85. The molecule has 1 aromatic carbocycles. The van der Waals surface area contributed by atoms with Crippen molar-refractivity contribution in [2.24, 2.45) is 9.98 Å². The lowest BCUT2D eigenvalue weighted by Gasteiger charge is -2.05. The Hall–Kier alpha value is -1.44. The second kappa shape index (κ2) is 3.13. The largest absolute Gasteiger partial charge is 0.268 e. The van der Waals surface area contributed by atoms with E-state index in [1.807, 2.05) is 6.21 Å². The van der Waals surface area contributed by atoms with Crippen LogP contribution in [0.4, 0.5) is 0 Å². The van der Waals surface area contributed by atoms with E-state index in [1.165, 1.54) is 16.7 Å². The molecule has 0 radical (unpaired) electrons. The van der Waals surface area contributed by atoms with Gasteiger partial charge >= 0.3 is 0 Å². The zero-order valence-electron chi connectivity index (χ0n) is 7.91. The minimum absolute atomic E-state index is 0.586. The number of hydrogen-bond donors (Lipinski definition) is 0. The molecule has 0 saturated heterocycles. The zero-order chi connectivity index (χ0) is 9.26. The Morgan fingerprint density at radius 2 is 2.08 bits per heavy atom. The average molecular weight is 172 g/mol. The fourth-order valence-electron chi connectivity index (χ4n) is 1.47. The Morgan fingerprint density at radius 1 is 1.23 bits per heavy atom. The third-order valence-electron chi connectivity index (χ3n) is 2.42. The summed E-state index contributed by atoms with van der Waals surface area (Å²) in [6.45, 7) is 4.83. The number of aliphatic imine (C=N–C) groups is 2. The highest BCUT2D eigenvalue weighted by atomic mass is 15.0. The van der Waals surface area contributed by atoms with Crippen LogP contribution < -0.4 is 0 Å². The summed E-state index contributed by atoms with van der Waals surface area (Å²) in [7, 11) is 0. The van der Waals surface area contributed by atoms with Crippen molar-refractivity contribution >= 4 is 11.9 Å². The van der Waals surface area contributed by atoms with Gasteiger partial charge < -0.3 is 0 Å². The molecule has 0 N–H and O–H groups in total. The van der Waals surface area contributed by atoms with Crippen molar-refractivity contribution in [2.45, 2.75) is 13.8 Å². The molecular formula is C11H12N2. The van der Waals surface area contributed by atoms with Crippen LogP contribution in [-0.4, -0.2) is 18.6 Å². The summed E-state index contributed by atoms with van der Waals surface area (Å²) >= 11 is 0. The quantitative estimate of drug-likeness (QED) is 0.620. The summed E-state index contributed by atoms with van der Waals surface area (Å²) in [4.78, 5) is 8.39. The van der Waals surface area contributed by atoms with Gasteiger partial charge in [-0.3, -0.25) is 9.98 Å². The lowest BCUT2D eigenvalue weighted by molar-refractivity contribution is 1.10. The van der Waals surface area contributed by atoms with Crippen LogP contribution in [0.3, 0.4) is 0 Å². The van der Waals surface area contributed by atoms with Crippen LogP contribution in [0.1, 0.15) is 16.7 Å². The molecule has 0 aliphatic carbocycles. The number of rotatable bonds is 1. The van der Waals surface area contributed by atoms with E-state index >= 15 is 0 Å². The van der Waals surface area contributed by atoms with E-state index in [2.05, 4.69) is 42.0 Å². The van der Waals surface area contributed by atoms with Crippen molar-refractivity contribution < 1.29 is 0 Å². The van der Waals surface area contributed by atoms with Crippen molar-refractivity contribution in [3.05, 3.63) is 34.9 Å². The van der Waals surface area contributed by atoms with E-state index in [0.29, 0.717) is 6.67 Å². The molecule has 1 aliphatic rings. The molecule has 0 atom stereocenters. The summed E-state index contributed by atoms with van der Waals surface area (Å²) < 4.78 is 0. The summed E-state index contributed by atoms with van der Waals surface area (Å²) in [5.74, 6) is 0. The van der Waals surface area contributed by atoms with Crippen LogP contribution in [0.25, 0.3) is 0 Å². The number of aryl methyl sites for hydroxylation is 1.